The van der Waals surface area contributed by atoms with E-state index < -0.39 is 11.6 Å². The van der Waals surface area contributed by atoms with Crippen LogP contribution in [0.25, 0.3) is 5.69 Å². The van der Waals surface area contributed by atoms with E-state index in [1.54, 1.807) is 29.1 Å². The maximum Gasteiger partial charge on any atom is 0.132 e. The summed E-state index contributed by atoms with van der Waals surface area (Å²) in [6.07, 6.45) is 3.43. The van der Waals surface area contributed by atoms with Crippen molar-refractivity contribution in [1.29, 1.82) is 0 Å². The zero-order chi connectivity index (χ0) is 10.8. The predicted molar refractivity (Wildman–Crippen MR) is 53.6 cm³/mol. The molecular formula is C11H10F2N2. The summed E-state index contributed by atoms with van der Waals surface area (Å²) >= 11 is 0. The molecule has 0 aliphatic rings. The second-order valence-electron chi connectivity index (χ2n) is 3.18. The Kier molecular flexibility index (Phi) is 2.51. The summed E-state index contributed by atoms with van der Waals surface area (Å²) in [4.78, 5) is 0. The van der Waals surface area contributed by atoms with Crippen LogP contribution in [0.4, 0.5) is 8.78 Å². The number of benzene rings is 1. The molecule has 0 bridgehead atoms. The van der Waals surface area contributed by atoms with Crippen LogP contribution in [-0.2, 0) is 6.54 Å². The predicted octanol–water partition coefficient (Wildman–Crippen LogP) is 2.21. The van der Waals surface area contributed by atoms with Crippen LogP contribution >= 0.6 is 0 Å². The van der Waals surface area contributed by atoms with Crippen molar-refractivity contribution < 1.29 is 8.78 Å². The fraction of sp³-hybridized carbons (Fsp3) is 0.0909. The Morgan fingerprint density at radius 2 is 1.80 bits per heavy atom. The molecule has 2 N–H and O–H groups in total. The molecule has 0 aliphatic carbocycles. The van der Waals surface area contributed by atoms with Crippen molar-refractivity contribution in [2.75, 3.05) is 0 Å². The Bertz CT molecular complexity index is 464. The highest BCUT2D eigenvalue weighted by Crippen LogP contribution is 2.19. The van der Waals surface area contributed by atoms with Gasteiger partial charge in [-0.1, -0.05) is 0 Å². The van der Waals surface area contributed by atoms with E-state index in [1.165, 1.54) is 6.07 Å². The van der Waals surface area contributed by atoms with Gasteiger partial charge in [0.1, 0.15) is 11.6 Å². The first-order valence-corrected chi connectivity index (χ1v) is 4.53. The number of nitrogens with zero attached hydrogens (tertiary/aromatic N) is 1. The van der Waals surface area contributed by atoms with Crippen molar-refractivity contribution in [3.05, 3.63) is 53.9 Å². The third-order valence-electron chi connectivity index (χ3n) is 2.22. The maximum absolute atomic E-state index is 13.4. The molecule has 0 aliphatic heterocycles. The van der Waals surface area contributed by atoms with Crippen LogP contribution in [-0.4, -0.2) is 4.57 Å². The highest BCUT2D eigenvalue weighted by Gasteiger charge is 2.10. The van der Waals surface area contributed by atoms with Crippen molar-refractivity contribution in [1.82, 2.24) is 4.57 Å². The van der Waals surface area contributed by atoms with Gasteiger partial charge in [0.2, 0.25) is 0 Å². The van der Waals surface area contributed by atoms with Gasteiger partial charge in [-0.25, -0.2) is 8.78 Å². The van der Waals surface area contributed by atoms with Gasteiger partial charge in [-0.2, -0.15) is 0 Å². The van der Waals surface area contributed by atoms with Crippen LogP contribution in [0.1, 0.15) is 5.56 Å². The molecule has 0 amide bonds. The summed E-state index contributed by atoms with van der Waals surface area (Å²) in [6.45, 7) is 0.0413. The van der Waals surface area contributed by atoms with Crippen LogP contribution < -0.4 is 5.73 Å². The zero-order valence-electron chi connectivity index (χ0n) is 7.95. The molecule has 0 unspecified atom stereocenters. The van der Waals surface area contributed by atoms with Gasteiger partial charge >= 0.3 is 0 Å². The van der Waals surface area contributed by atoms with Crippen molar-refractivity contribution in [2.24, 2.45) is 5.73 Å². The molecule has 2 nitrogen and oxygen atoms in total. The molecular weight excluding hydrogens is 198 g/mol. The molecule has 2 aromatic rings. The van der Waals surface area contributed by atoms with Gasteiger partial charge < -0.3 is 10.3 Å². The average Bonchev–Trinajstić information content (AvgIpc) is 2.69. The molecule has 1 aromatic carbocycles. The summed E-state index contributed by atoms with van der Waals surface area (Å²) < 4.78 is 28.0. The SMILES string of the molecule is NCc1c(F)cc(F)cc1-n1cccc1. The lowest BCUT2D eigenvalue weighted by Gasteiger charge is -2.10. The minimum atomic E-state index is -0.610. The molecule has 15 heavy (non-hydrogen) atoms. The average molecular weight is 208 g/mol. The molecule has 0 spiro atoms. The third kappa shape index (κ3) is 1.76. The largest absolute Gasteiger partial charge is 0.326 e. The topological polar surface area (TPSA) is 30.9 Å². The van der Waals surface area contributed by atoms with Gasteiger partial charge in [0.25, 0.3) is 0 Å². The van der Waals surface area contributed by atoms with Gasteiger partial charge in [0.15, 0.2) is 0 Å². The number of hydrogen-bond donors (Lipinski definition) is 1. The van der Waals surface area contributed by atoms with E-state index in [4.69, 9.17) is 5.73 Å². The summed E-state index contributed by atoms with van der Waals surface area (Å²) in [5, 5.41) is 0. The third-order valence-corrected chi connectivity index (χ3v) is 2.22. The zero-order valence-corrected chi connectivity index (χ0v) is 7.95. The van der Waals surface area contributed by atoms with Gasteiger partial charge in [-0.3, -0.25) is 0 Å². The Balaban J connectivity index is 2.64. The number of aromatic nitrogens is 1. The Morgan fingerprint density at radius 3 is 2.40 bits per heavy atom. The van der Waals surface area contributed by atoms with Crippen LogP contribution in [0.5, 0.6) is 0 Å². The van der Waals surface area contributed by atoms with E-state index >= 15 is 0 Å². The van der Waals surface area contributed by atoms with Gasteiger partial charge in [0, 0.05) is 30.6 Å². The van der Waals surface area contributed by atoms with Crippen LogP contribution in [0, 0.1) is 11.6 Å². The second-order valence-corrected chi connectivity index (χ2v) is 3.18. The summed E-state index contributed by atoms with van der Waals surface area (Å²) in [5.74, 6) is -1.21. The van der Waals surface area contributed by atoms with Crippen molar-refractivity contribution in [3.8, 4) is 5.69 Å². The van der Waals surface area contributed by atoms with E-state index in [2.05, 4.69) is 0 Å². The van der Waals surface area contributed by atoms with Gasteiger partial charge in [-0.15, -0.1) is 0 Å². The minimum absolute atomic E-state index is 0.0413. The van der Waals surface area contributed by atoms with Crippen LogP contribution in [0.2, 0.25) is 0 Å². The molecule has 78 valence electrons. The second kappa shape index (κ2) is 3.82. The summed E-state index contributed by atoms with van der Waals surface area (Å²) in [6, 6.07) is 5.67. The first-order chi connectivity index (χ1) is 7.22. The lowest BCUT2D eigenvalue weighted by molar-refractivity contribution is 0.570. The van der Waals surface area contributed by atoms with Crippen LogP contribution in [0.15, 0.2) is 36.7 Å². The first kappa shape index (κ1) is 9.86. The standard InChI is InChI=1S/C11H10F2N2/c12-8-5-10(13)9(7-14)11(6-8)15-3-1-2-4-15/h1-6H,7,14H2. The van der Waals surface area contributed by atoms with Gasteiger partial charge in [0.05, 0.1) is 5.69 Å². The quantitative estimate of drug-likeness (QED) is 0.806. The molecule has 0 atom stereocenters. The molecule has 0 saturated carbocycles. The van der Waals surface area contributed by atoms with E-state index in [0.29, 0.717) is 11.3 Å². The smallest absolute Gasteiger partial charge is 0.132 e. The highest BCUT2D eigenvalue weighted by molar-refractivity contribution is 5.42. The van der Waals surface area contributed by atoms with Gasteiger partial charge in [-0.05, 0) is 18.2 Å². The minimum Gasteiger partial charge on any atom is -0.326 e. The number of halogens is 2. The number of nitrogens with two attached hydrogens (primary N) is 1. The molecule has 0 saturated heterocycles. The monoisotopic (exact) mass is 208 g/mol. The normalized spacial score (nSPS) is 10.6. The highest BCUT2D eigenvalue weighted by atomic mass is 19.1. The van der Waals surface area contributed by atoms with Crippen molar-refractivity contribution >= 4 is 0 Å². The Hall–Kier alpha value is -1.68. The van der Waals surface area contributed by atoms with Crippen molar-refractivity contribution in [3.63, 3.8) is 0 Å². The van der Waals surface area contributed by atoms with E-state index in [9.17, 15) is 8.78 Å². The lowest BCUT2D eigenvalue weighted by atomic mass is 10.1. The fourth-order valence-electron chi connectivity index (χ4n) is 1.52. The Labute approximate surface area is 85.9 Å². The Morgan fingerprint density at radius 1 is 1.13 bits per heavy atom. The van der Waals surface area contributed by atoms with E-state index in [-0.39, 0.29) is 6.54 Å². The number of rotatable bonds is 2. The van der Waals surface area contributed by atoms with E-state index in [1.807, 2.05) is 0 Å². The maximum atomic E-state index is 13.4. The molecule has 2 rings (SSSR count). The van der Waals surface area contributed by atoms with E-state index in [0.717, 1.165) is 6.07 Å². The molecule has 0 radical (unpaired) electrons. The summed E-state index contributed by atoms with van der Waals surface area (Å²) in [5.41, 5.74) is 6.19. The molecule has 1 aromatic heterocycles. The molecule has 0 fully saturated rings. The van der Waals surface area contributed by atoms with Crippen LogP contribution in [0.3, 0.4) is 0 Å². The molecule has 4 heteroatoms. The lowest BCUT2D eigenvalue weighted by Crippen LogP contribution is -2.07. The first-order valence-electron chi connectivity index (χ1n) is 4.53. The van der Waals surface area contributed by atoms with Crippen molar-refractivity contribution in [2.45, 2.75) is 6.54 Å². The fourth-order valence-corrected chi connectivity index (χ4v) is 1.52. The summed E-state index contributed by atoms with van der Waals surface area (Å²) in [7, 11) is 0. The molecule has 1 heterocycles. The number of hydrogen-bond acceptors (Lipinski definition) is 1.